The van der Waals surface area contributed by atoms with Gasteiger partial charge in [-0.2, -0.15) is 0 Å². The number of nitrogens with zero attached hydrogens (tertiary/aromatic N) is 6. The van der Waals surface area contributed by atoms with E-state index in [2.05, 4.69) is 8.73 Å². The molecule has 4 heterocycles. The topological polar surface area (TPSA) is 124 Å². The SMILES string of the molecule is C[C@@]1(c2ccccc2F)C[S@@]2(=O)=NCCCCN2C(CC(=O)c2ccccc2)=N1.C[C@@]1(c2ccccc2F)C[S@]2(=O)=NCCCCN2C(CC(=O)c2ccccc2)=N1. The summed E-state index contributed by atoms with van der Waals surface area (Å²) in [6, 6.07) is 30.8. The number of benzene rings is 4. The lowest BCUT2D eigenvalue weighted by atomic mass is 9.94. The van der Waals surface area contributed by atoms with E-state index in [1.807, 2.05) is 36.4 Å². The summed E-state index contributed by atoms with van der Waals surface area (Å²) in [5, 5.41) is 0. The lowest BCUT2D eigenvalue weighted by Gasteiger charge is -2.39. The number of hydrogen-bond donors (Lipinski definition) is 0. The van der Waals surface area contributed by atoms with Gasteiger partial charge in [0.25, 0.3) is 0 Å². The highest BCUT2D eigenvalue weighted by atomic mass is 32.2. The fourth-order valence-corrected chi connectivity index (χ4v) is 13.2. The van der Waals surface area contributed by atoms with Crippen molar-refractivity contribution in [2.24, 2.45) is 18.7 Å². The molecule has 0 unspecified atom stereocenters. The second-order valence-corrected chi connectivity index (χ2v) is 19.7. The molecule has 4 atom stereocenters. The largest absolute Gasteiger partial charge is 0.294 e. The molecule has 4 aliphatic heterocycles. The first kappa shape index (κ1) is 41.1. The van der Waals surface area contributed by atoms with Crippen LogP contribution in [-0.2, 0) is 30.9 Å². The van der Waals surface area contributed by atoms with Crippen LogP contribution in [0.4, 0.5) is 8.78 Å². The van der Waals surface area contributed by atoms with Gasteiger partial charge in [-0.1, -0.05) is 97.1 Å². The van der Waals surface area contributed by atoms with Crippen LogP contribution in [0.25, 0.3) is 0 Å². The van der Waals surface area contributed by atoms with E-state index in [-0.39, 0.29) is 35.9 Å². The molecule has 304 valence electrons. The summed E-state index contributed by atoms with van der Waals surface area (Å²) in [6.07, 6.45) is 3.36. The van der Waals surface area contributed by atoms with E-state index in [1.165, 1.54) is 12.1 Å². The van der Waals surface area contributed by atoms with Crippen molar-refractivity contribution in [2.45, 2.75) is 63.5 Å². The van der Waals surface area contributed by atoms with Crippen LogP contribution < -0.4 is 0 Å². The molecule has 0 radical (unpaired) electrons. The molecule has 0 fully saturated rings. The lowest BCUT2D eigenvalue weighted by Crippen LogP contribution is -2.49. The maximum atomic E-state index is 14.6. The summed E-state index contributed by atoms with van der Waals surface area (Å²) in [7, 11) is -5.62. The predicted octanol–water partition coefficient (Wildman–Crippen LogP) is 8.41. The molecule has 0 bridgehead atoms. The van der Waals surface area contributed by atoms with Crippen molar-refractivity contribution in [3.8, 4) is 0 Å². The monoisotopic (exact) mass is 826 g/mol. The van der Waals surface area contributed by atoms with Crippen molar-refractivity contribution in [1.29, 1.82) is 0 Å². The van der Waals surface area contributed by atoms with E-state index in [1.54, 1.807) is 83.1 Å². The van der Waals surface area contributed by atoms with Crippen LogP contribution in [0.2, 0.25) is 0 Å². The van der Waals surface area contributed by atoms with Crippen LogP contribution in [-0.4, -0.2) is 78.0 Å². The van der Waals surface area contributed by atoms with Crippen LogP contribution in [0.1, 0.15) is 84.2 Å². The summed E-state index contributed by atoms with van der Waals surface area (Å²) in [5.41, 5.74) is -0.172. The number of halogens is 2. The first-order valence-corrected chi connectivity index (χ1v) is 22.9. The van der Waals surface area contributed by atoms with Gasteiger partial charge >= 0.3 is 0 Å². The fourth-order valence-electron chi connectivity index (χ4n) is 7.95. The highest BCUT2D eigenvalue weighted by molar-refractivity contribution is 7.92. The number of rotatable bonds is 8. The number of Topliss-reactive ketones (excluding diaryl/α,β-unsaturated/α-hetero) is 2. The zero-order chi connectivity index (χ0) is 41.0. The van der Waals surface area contributed by atoms with Crippen LogP contribution in [0.15, 0.2) is 128 Å². The number of amidine groups is 2. The number of ketones is 2. The van der Waals surface area contributed by atoms with E-state index in [4.69, 9.17) is 9.98 Å². The van der Waals surface area contributed by atoms with Crippen molar-refractivity contribution in [1.82, 2.24) is 8.61 Å². The average molecular weight is 827 g/mol. The Morgan fingerprint density at radius 2 is 0.931 bits per heavy atom. The van der Waals surface area contributed by atoms with Crippen LogP contribution in [0, 0.1) is 11.6 Å². The molecule has 58 heavy (non-hydrogen) atoms. The van der Waals surface area contributed by atoms with Gasteiger partial charge in [-0.15, -0.1) is 0 Å². The number of fused-ring (bicyclic) bond motifs is 2. The third-order valence-electron chi connectivity index (χ3n) is 10.8. The first-order valence-electron chi connectivity index (χ1n) is 19.6. The van der Waals surface area contributed by atoms with Gasteiger partial charge in [0, 0.05) is 35.3 Å². The summed E-state index contributed by atoms with van der Waals surface area (Å²) >= 11 is 0. The van der Waals surface area contributed by atoms with Crippen molar-refractivity contribution < 1.29 is 26.8 Å². The van der Waals surface area contributed by atoms with Crippen LogP contribution in [0.3, 0.4) is 0 Å². The number of carbonyl (C=O) groups is 2. The fraction of sp³-hybridized carbons (Fsp3) is 0.364. The normalized spacial score (nSPS) is 26.7. The Morgan fingerprint density at radius 1 is 0.569 bits per heavy atom. The molecule has 0 amide bonds. The zero-order valence-corrected chi connectivity index (χ0v) is 34.4. The molecule has 0 aromatic heterocycles. The van der Waals surface area contributed by atoms with Gasteiger partial charge in [0.05, 0.1) is 37.4 Å². The summed E-state index contributed by atoms with van der Waals surface area (Å²) in [5.74, 6) is 0.114. The van der Waals surface area contributed by atoms with Crippen molar-refractivity contribution >= 4 is 43.1 Å². The second-order valence-electron chi connectivity index (χ2n) is 15.3. The van der Waals surface area contributed by atoms with E-state index in [0.717, 1.165) is 25.7 Å². The van der Waals surface area contributed by atoms with Gasteiger partial charge in [0.2, 0.25) is 0 Å². The Kier molecular flexibility index (Phi) is 12.1. The third kappa shape index (κ3) is 8.68. The zero-order valence-electron chi connectivity index (χ0n) is 32.8. The van der Waals surface area contributed by atoms with Crippen LogP contribution in [0.5, 0.6) is 0 Å². The molecule has 4 aromatic carbocycles. The summed E-state index contributed by atoms with van der Waals surface area (Å²) in [6.45, 7) is 5.64. The molecule has 4 aliphatic rings. The Balaban J connectivity index is 0.000000177. The van der Waals surface area contributed by atoms with E-state index in [9.17, 15) is 26.8 Å². The van der Waals surface area contributed by atoms with E-state index >= 15 is 0 Å². The molecular formula is C44H48F2N6O4S2. The van der Waals surface area contributed by atoms with Gasteiger partial charge in [0.1, 0.15) is 54.2 Å². The summed E-state index contributed by atoms with van der Waals surface area (Å²) < 4.78 is 69.4. The number of aliphatic imine (C=N–C) groups is 2. The lowest BCUT2D eigenvalue weighted by molar-refractivity contribution is 0.0990. The Morgan fingerprint density at radius 3 is 1.31 bits per heavy atom. The standard InChI is InChI=1S/2C22H24FN3O2S/c2*1-22(18-11-5-6-12-19(18)23)16-29(28)24-13-7-8-14-26(29)21(25-22)15-20(27)17-9-3-2-4-10-17/h2*2-6,9-12H,7-8,13-16H2,1H3/t22-,29+;22-,29-/m00/s1. The van der Waals surface area contributed by atoms with Crippen molar-refractivity contribution in [2.75, 3.05) is 37.7 Å². The summed E-state index contributed by atoms with van der Waals surface area (Å²) in [4.78, 5) is 35.4. The Labute approximate surface area is 340 Å². The molecule has 4 aromatic rings. The highest BCUT2D eigenvalue weighted by Gasteiger charge is 2.44. The molecule has 0 N–H and O–H groups in total. The van der Waals surface area contributed by atoms with Gasteiger partial charge in [-0.3, -0.25) is 28.2 Å². The van der Waals surface area contributed by atoms with Crippen molar-refractivity contribution in [3.05, 3.63) is 143 Å². The number of carbonyl (C=O) groups excluding carboxylic acids is 2. The van der Waals surface area contributed by atoms with Gasteiger partial charge < -0.3 is 0 Å². The Hall–Kier alpha value is -5.08. The average Bonchev–Trinajstić information content (AvgIpc) is 3.53. The van der Waals surface area contributed by atoms with Gasteiger partial charge in [0.15, 0.2) is 11.6 Å². The smallest absolute Gasteiger partial charge is 0.170 e. The van der Waals surface area contributed by atoms with Gasteiger partial charge in [-0.25, -0.2) is 25.9 Å². The predicted molar refractivity (Wildman–Crippen MR) is 226 cm³/mol. The third-order valence-corrected chi connectivity index (χ3v) is 16.0. The molecule has 0 saturated heterocycles. The molecule has 14 heteroatoms. The van der Waals surface area contributed by atoms with Crippen LogP contribution >= 0.6 is 0 Å². The molecular weight excluding hydrogens is 779 g/mol. The van der Waals surface area contributed by atoms with Gasteiger partial charge in [-0.05, 0) is 51.7 Å². The first-order chi connectivity index (χ1) is 27.8. The maximum absolute atomic E-state index is 14.6. The minimum atomic E-state index is -2.81. The molecule has 0 spiro atoms. The minimum Gasteiger partial charge on any atom is -0.294 e. The molecule has 10 nitrogen and oxygen atoms in total. The van der Waals surface area contributed by atoms with Crippen molar-refractivity contribution in [3.63, 3.8) is 0 Å². The molecule has 8 rings (SSSR count). The quantitative estimate of drug-likeness (QED) is 0.166. The minimum absolute atomic E-state index is 0.0145. The maximum Gasteiger partial charge on any atom is 0.170 e. The number of hydrogen-bond acceptors (Lipinski definition) is 8. The second kappa shape index (κ2) is 17.0. The van der Waals surface area contributed by atoms with E-state index in [0.29, 0.717) is 60.1 Å². The molecule has 0 saturated carbocycles. The van der Waals surface area contributed by atoms with E-state index < -0.39 is 42.5 Å². The highest BCUT2D eigenvalue weighted by Crippen LogP contribution is 2.38. The Bertz CT molecular complexity index is 2330. The molecule has 0 aliphatic carbocycles.